The van der Waals surface area contributed by atoms with Gasteiger partial charge >= 0.3 is 5.97 Å². The maximum Gasteiger partial charge on any atom is 0.305 e. The van der Waals surface area contributed by atoms with E-state index >= 15 is 0 Å². The van der Waals surface area contributed by atoms with Crippen molar-refractivity contribution in [3.63, 3.8) is 0 Å². The number of ketones is 1. The number of allylic oxidation sites excluding steroid dienone is 3. The molecule has 0 aromatic heterocycles. The van der Waals surface area contributed by atoms with Crippen LogP contribution in [0.15, 0.2) is 23.8 Å². The summed E-state index contributed by atoms with van der Waals surface area (Å²) in [5.74, 6) is 0.695. The molecule has 0 saturated heterocycles. The number of esters is 1. The number of aliphatic hydroxyl groups excluding tert-OH is 1. The van der Waals surface area contributed by atoms with Crippen molar-refractivity contribution < 1.29 is 19.4 Å². The Morgan fingerprint density at radius 3 is 3.05 bits per heavy atom. The summed E-state index contributed by atoms with van der Waals surface area (Å²) in [5, 5.41) is 8.99. The number of carbonyl (C=O) groups is 2. The van der Waals surface area contributed by atoms with Crippen LogP contribution in [0.5, 0.6) is 0 Å². The molecular formula is C15H22O4S. The van der Waals surface area contributed by atoms with E-state index < -0.39 is 0 Å². The Labute approximate surface area is 124 Å². The summed E-state index contributed by atoms with van der Waals surface area (Å²) in [4.78, 5) is 22.7. The summed E-state index contributed by atoms with van der Waals surface area (Å²) in [6.07, 6.45) is 9.24. The van der Waals surface area contributed by atoms with E-state index in [1.165, 1.54) is 7.11 Å². The van der Waals surface area contributed by atoms with Crippen LogP contribution in [-0.2, 0) is 14.3 Å². The first-order chi connectivity index (χ1) is 9.67. The lowest BCUT2D eigenvalue weighted by molar-refractivity contribution is -0.140. The zero-order valence-corrected chi connectivity index (χ0v) is 12.7. The number of Topliss-reactive ketones (excluding diaryl/α,β-unsaturated/α-hetero) is 1. The van der Waals surface area contributed by atoms with E-state index in [1.54, 1.807) is 11.8 Å². The van der Waals surface area contributed by atoms with Crippen LogP contribution in [0.25, 0.3) is 0 Å². The summed E-state index contributed by atoms with van der Waals surface area (Å²) in [5.41, 5.74) is 0.865. The van der Waals surface area contributed by atoms with Gasteiger partial charge in [-0.05, 0) is 24.8 Å². The van der Waals surface area contributed by atoms with Crippen molar-refractivity contribution in [3.8, 4) is 0 Å². The van der Waals surface area contributed by atoms with E-state index in [-0.39, 0.29) is 23.6 Å². The molecule has 0 amide bonds. The number of methoxy groups -OCH3 is 1. The Morgan fingerprint density at radius 1 is 1.55 bits per heavy atom. The maximum absolute atomic E-state index is 11.8. The predicted octanol–water partition coefficient (Wildman–Crippen LogP) is 2.27. The first-order valence-electron chi connectivity index (χ1n) is 6.85. The van der Waals surface area contributed by atoms with Gasteiger partial charge in [0.2, 0.25) is 0 Å². The lowest BCUT2D eigenvalue weighted by Gasteiger charge is -2.02. The first-order valence-corrected chi connectivity index (χ1v) is 7.90. The zero-order valence-electron chi connectivity index (χ0n) is 11.8. The van der Waals surface area contributed by atoms with Crippen molar-refractivity contribution >= 4 is 23.5 Å². The minimum absolute atomic E-state index is 0.151. The normalized spacial score (nSPS) is 18.6. The molecule has 1 unspecified atom stereocenters. The van der Waals surface area contributed by atoms with E-state index in [1.807, 2.05) is 18.2 Å². The molecule has 1 aliphatic rings. The monoisotopic (exact) mass is 298 g/mol. The highest BCUT2D eigenvalue weighted by Gasteiger charge is 2.22. The molecule has 0 fully saturated rings. The van der Waals surface area contributed by atoms with Crippen molar-refractivity contribution in [2.75, 3.05) is 19.5 Å². The Morgan fingerprint density at radius 2 is 2.35 bits per heavy atom. The molecule has 0 radical (unpaired) electrons. The molecule has 1 rings (SSSR count). The van der Waals surface area contributed by atoms with Crippen molar-refractivity contribution in [3.05, 3.63) is 23.8 Å². The van der Waals surface area contributed by atoms with Crippen LogP contribution in [-0.4, -0.2) is 41.6 Å². The Balaban J connectivity index is 2.23. The average molecular weight is 298 g/mol. The Hall–Kier alpha value is -1.07. The summed E-state index contributed by atoms with van der Waals surface area (Å²) in [6, 6.07) is 0. The van der Waals surface area contributed by atoms with Gasteiger partial charge in [-0.1, -0.05) is 18.2 Å². The third-order valence-corrected chi connectivity index (χ3v) is 4.19. The van der Waals surface area contributed by atoms with E-state index in [9.17, 15) is 9.59 Å². The number of unbranched alkanes of at least 4 members (excludes halogenated alkanes) is 1. The highest BCUT2D eigenvalue weighted by atomic mass is 32.2. The molecule has 0 aromatic carbocycles. The summed E-state index contributed by atoms with van der Waals surface area (Å²) in [7, 11) is 1.39. The summed E-state index contributed by atoms with van der Waals surface area (Å²) >= 11 is 1.62. The fourth-order valence-corrected chi connectivity index (χ4v) is 2.92. The fraction of sp³-hybridized carbons (Fsp3) is 0.600. The molecule has 20 heavy (non-hydrogen) atoms. The van der Waals surface area contributed by atoms with Gasteiger partial charge in [-0.2, -0.15) is 11.8 Å². The smallest absolute Gasteiger partial charge is 0.305 e. The molecule has 0 bridgehead atoms. The van der Waals surface area contributed by atoms with Crippen LogP contribution in [0.3, 0.4) is 0 Å². The molecule has 0 saturated carbocycles. The predicted molar refractivity (Wildman–Crippen MR) is 80.7 cm³/mol. The van der Waals surface area contributed by atoms with Crippen LogP contribution in [0, 0.1) is 0 Å². The second-order valence-corrected chi connectivity index (χ2v) is 5.94. The number of ether oxygens (including phenoxy) is 1. The molecule has 1 atom stereocenters. The third-order valence-electron chi connectivity index (χ3n) is 3.04. The van der Waals surface area contributed by atoms with Crippen LogP contribution in [0.2, 0.25) is 0 Å². The van der Waals surface area contributed by atoms with Crippen molar-refractivity contribution in [2.45, 2.75) is 37.4 Å². The highest BCUT2D eigenvalue weighted by molar-refractivity contribution is 8.00. The summed E-state index contributed by atoms with van der Waals surface area (Å²) < 4.78 is 4.56. The minimum Gasteiger partial charge on any atom is -0.469 e. The molecule has 0 spiro atoms. The number of rotatable bonds is 9. The van der Waals surface area contributed by atoms with Crippen molar-refractivity contribution in [1.29, 1.82) is 0 Å². The number of hydrogen-bond acceptors (Lipinski definition) is 5. The van der Waals surface area contributed by atoms with Gasteiger partial charge in [-0.25, -0.2) is 0 Å². The molecule has 112 valence electrons. The average Bonchev–Trinajstić information content (AvgIpc) is 2.80. The molecule has 1 aliphatic carbocycles. The van der Waals surface area contributed by atoms with Gasteiger partial charge < -0.3 is 9.84 Å². The van der Waals surface area contributed by atoms with Crippen LogP contribution < -0.4 is 0 Å². The Kier molecular flexibility index (Phi) is 8.30. The minimum atomic E-state index is -0.184. The van der Waals surface area contributed by atoms with Gasteiger partial charge in [-0.3, -0.25) is 9.59 Å². The fourth-order valence-electron chi connectivity index (χ4n) is 1.98. The van der Waals surface area contributed by atoms with Crippen LogP contribution in [0.4, 0.5) is 0 Å². The molecule has 5 heteroatoms. The van der Waals surface area contributed by atoms with Crippen molar-refractivity contribution in [1.82, 2.24) is 0 Å². The van der Waals surface area contributed by atoms with Gasteiger partial charge in [0, 0.05) is 23.8 Å². The molecule has 0 heterocycles. The molecule has 1 N–H and O–H groups in total. The quantitative estimate of drug-likeness (QED) is 0.402. The number of hydrogen-bond donors (Lipinski definition) is 1. The lowest BCUT2D eigenvalue weighted by Crippen LogP contribution is -2.01. The van der Waals surface area contributed by atoms with Gasteiger partial charge in [0.05, 0.1) is 13.7 Å². The van der Waals surface area contributed by atoms with E-state index in [4.69, 9.17) is 5.11 Å². The number of aliphatic hydroxyl groups is 1. The van der Waals surface area contributed by atoms with Gasteiger partial charge in [0.15, 0.2) is 5.78 Å². The zero-order chi connectivity index (χ0) is 14.8. The van der Waals surface area contributed by atoms with Gasteiger partial charge in [-0.15, -0.1) is 0 Å². The molecule has 0 aliphatic heterocycles. The van der Waals surface area contributed by atoms with Gasteiger partial charge in [0.1, 0.15) is 0 Å². The number of thioether (sulfide) groups is 1. The third kappa shape index (κ3) is 6.39. The number of carbonyl (C=O) groups excluding carboxylic acids is 2. The van der Waals surface area contributed by atoms with Crippen molar-refractivity contribution in [2.24, 2.45) is 0 Å². The van der Waals surface area contributed by atoms with E-state index in [2.05, 4.69) is 4.74 Å². The van der Waals surface area contributed by atoms with Crippen LogP contribution >= 0.6 is 11.8 Å². The summed E-state index contributed by atoms with van der Waals surface area (Å²) in [6.45, 7) is 0.151. The molecule has 4 nitrogen and oxygen atoms in total. The second kappa shape index (κ2) is 9.77. The maximum atomic E-state index is 11.8. The highest BCUT2D eigenvalue weighted by Crippen LogP contribution is 2.27. The largest absolute Gasteiger partial charge is 0.469 e. The Bertz CT molecular complexity index is 387. The second-order valence-electron chi connectivity index (χ2n) is 4.60. The van der Waals surface area contributed by atoms with Gasteiger partial charge in [0.25, 0.3) is 0 Å². The van der Waals surface area contributed by atoms with Crippen LogP contribution in [0.1, 0.15) is 32.1 Å². The topological polar surface area (TPSA) is 63.6 Å². The van der Waals surface area contributed by atoms with E-state index in [0.29, 0.717) is 25.0 Å². The molecular weight excluding hydrogens is 276 g/mol. The standard InChI is InChI=1S/C15H22O4S/c1-19-15(18)7-5-3-2-4-6-12-10-13(11-14(12)17)20-9-8-16/h2,4,10,13,16H,3,5-9,11H2,1H3/b4-2-. The first kappa shape index (κ1) is 17.0. The lowest BCUT2D eigenvalue weighted by atomic mass is 10.1. The molecule has 0 aromatic rings. The SMILES string of the molecule is COC(=O)CCC/C=C\CC1=CC(SCCO)CC1=O. The van der Waals surface area contributed by atoms with E-state index in [0.717, 1.165) is 18.4 Å².